The van der Waals surface area contributed by atoms with Gasteiger partial charge in [-0.25, -0.2) is 0 Å². The van der Waals surface area contributed by atoms with Gasteiger partial charge in [0, 0.05) is 5.92 Å². The summed E-state index contributed by atoms with van der Waals surface area (Å²) in [6, 6.07) is 23.3. The van der Waals surface area contributed by atoms with Gasteiger partial charge in [0.2, 0.25) is 5.91 Å². The molecule has 1 N–H and O–H groups in total. The van der Waals surface area contributed by atoms with Crippen molar-refractivity contribution in [2.45, 2.75) is 64.0 Å². The molecule has 6 heteroatoms. The van der Waals surface area contributed by atoms with E-state index in [4.69, 9.17) is 4.74 Å². The highest BCUT2D eigenvalue weighted by Gasteiger charge is 2.34. The summed E-state index contributed by atoms with van der Waals surface area (Å²) in [5.74, 6) is 0.0637. The summed E-state index contributed by atoms with van der Waals surface area (Å²) in [5, 5.41) is 3.19. The van der Waals surface area contributed by atoms with Crippen molar-refractivity contribution in [1.29, 1.82) is 0 Å². The molecule has 4 rings (SSSR count). The van der Waals surface area contributed by atoms with Gasteiger partial charge in [0.25, 0.3) is 0 Å². The molecular formula is C30H32F3NO2. The standard InChI is InChI=1S/C30H32F3NO2/c1-21(23-11-3-2-4-12-23)34-29(35)27-16-7-6-15-26(27)24-14-9-10-22(18-24)19-36-20-25-13-5-8-17-28(25)30(31,32)33/h2-5,8-14,17-18,21,26-27H,6-7,15-16,19-20H2,1H3,(H,34,35)/t21-,26?,27?/m0/s1. The normalized spacial score (nSPS) is 19.0. The average molecular weight is 496 g/mol. The lowest BCUT2D eigenvalue weighted by Crippen LogP contribution is -2.37. The van der Waals surface area contributed by atoms with Gasteiger partial charge in [-0.15, -0.1) is 0 Å². The van der Waals surface area contributed by atoms with E-state index in [-0.39, 0.29) is 42.6 Å². The number of carbonyl (C=O) groups is 1. The van der Waals surface area contributed by atoms with Crippen LogP contribution in [0.2, 0.25) is 0 Å². The number of carbonyl (C=O) groups excluding carboxylic acids is 1. The van der Waals surface area contributed by atoms with Crippen LogP contribution in [0, 0.1) is 5.92 Å². The van der Waals surface area contributed by atoms with Gasteiger partial charge in [-0.05, 0) is 54.0 Å². The summed E-state index contributed by atoms with van der Waals surface area (Å²) in [5.41, 5.74) is 2.50. The van der Waals surface area contributed by atoms with E-state index in [2.05, 4.69) is 5.32 Å². The second kappa shape index (κ2) is 11.7. The van der Waals surface area contributed by atoms with Gasteiger partial charge >= 0.3 is 6.18 Å². The summed E-state index contributed by atoms with van der Waals surface area (Å²) in [7, 11) is 0. The van der Waals surface area contributed by atoms with E-state index < -0.39 is 11.7 Å². The van der Waals surface area contributed by atoms with Gasteiger partial charge in [0.1, 0.15) is 0 Å². The van der Waals surface area contributed by atoms with Crippen LogP contribution in [0.3, 0.4) is 0 Å². The van der Waals surface area contributed by atoms with Crippen molar-refractivity contribution in [2.24, 2.45) is 5.92 Å². The van der Waals surface area contributed by atoms with Crippen molar-refractivity contribution in [2.75, 3.05) is 0 Å². The monoisotopic (exact) mass is 495 g/mol. The number of amides is 1. The predicted molar refractivity (Wildman–Crippen MR) is 134 cm³/mol. The molecule has 2 unspecified atom stereocenters. The van der Waals surface area contributed by atoms with Crippen molar-refractivity contribution in [3.05, 3.63) is 107 Å². The fraction of sp³-hybridized carbons (Fsp3) is 0.367. The molecule has 0 spiro atoms. The second-order valence-electron chi connectivity index (χ2n) is 9.53. The van der Waals surface area contributed by atoms with Gasteiger partial charge in [-0.1, -0.05) is 85.6 Å². The Bertz CT molecular complexity index is 1150. The van der Waals surface area contributed by atoms with E-state index in [0.717, 1.165) is 48.4 Å². The maximum absolute atomic E-state index is 13.3. The zero-order valence-electron chi connectivity index (χ0n) is 20.4. The first-order chi connectivity index (χ1) is 17.3. The van der Waals surface area contributed by atoms with Crippen molar-refractivity contribution < 1.29 is 22.7 Å². The van der Waals surface area contributed by atoms with E-state index in [1.165, 1.54) is 12.1 Å². The summed E-state index contributed by atoms with van der Waals surface area (Å²) in [4.78, 5) is 13.3. The smallest absolute Gasteiger partial charge is 0.372 e. The molecule has 3 aromatic rings. The molecule has 0 heterocycles. The molecule has 0 saturated heterocycles. The maximum Gasteiger partial charge on any atom is 0.416 e. The van der Waals surface area contributed by atoms with Crippen LogP contribution >= 0.6 is 0 Å². The van der Waals surface area contributed by atoms with E-state index in [1.54, 1.807) is 6.07 Å². The Morgan fingerprint density at radius 1 is 0.944 bits per heavy atom. The molecule has 1 amide bonds. The van der Waals surface area contributed by atoms with Crippen molar-refractivity contribution >= 4 is 5.91 Å². The third-order valence-electron chi connectivity index (χ3n) is 6.99. The number of halogens is 3. The molecule has 36 heavy (non-hydrogen) atoms. The Kier molecular flexibility index (Phi) is 8.47. The van der Waals surface area contributed by atoms with Crippen LogP contribution in [0.5, 0.6) is 0 Å². The number of benzene rings is 3. The van der Waals surface area contributed by atoms with Crippen LogP contribution in [0.1, 0.15) is 72.4 Å². The first-order valence-corrected chi connectivity index (χ1v) is 12.5. The van der Waals surface area contributed by atoms with Gasteiger partial charge in [0.05, 0.1) is 24.8 Å². The number of ether oxygens (including phenoxy) is 1. The molecular weight excluding hydrogens is 463 g/mol. The molecule has 3 atom stereocenters. The Morgan fingerprint density at radius 2 is 1.67 bits per heavy atom. The molecule has 190 valence electrons. The van der Waals surface area contributed by atoms with Gasteiger partial charge < -0.3 is 10.1 Å². The highest BCUT2D eigenvalue weighted by Crippen LogP contribution is 2.39. The number of hydrogen-bond donors (Lipinski definition) is 1. The van der Waals surface area contributed by atoms with Crippen LogP contribution in [0.25, 0.3) is 0 Å². The predicted octanol–water partition coefficient (Wildman–Crippen LogP) is 7.57. The molecule has 0 aromatic heterocycles. The number of alkyl halides is 3. The minimum Gasteiger partial charge on any atom is -0.372 e. The highest BCUT2D eigenvalue weighted by atomic mass is 19.4. The number of hydrogen-bond acceptors (Lipinski definition) is 2. The van der Waals surface area contributed by atoms with E-state index in [9.17, 15) is 18.0 Å². The lowest BCUT2D eigenvalue weighted by molar-refractivity contribution is -0.139. The quantitative estimate of drug-likeness (QED) is 0.350. The number of nitrogens with one attached hydrogen (secondary N) is 1. The van der Waals surface area contributed by atoms with Gasteiger partial charge in [-0.2, -0.15) is 13.2 Å². The van der Waals surface area contributed by atoms with Gasteiger partial charge in [-0.3, -0.25) is 4.79 Å². The third kappa shape index (κ3) is 6.55. The topological polar surface area (TPSA) is 38.3 Å². The minimum atomic E-state index is -4.41. The van der Waals surface area contributed by atoms with Crippen LogP contribution in [-0.2, 0) is 28.9 Å². The molecule has 1 aliphatic rings. The summed E-state index contributed by atoms with van der Waals surface area (Å²) in [6.45, 7) is 2.08. The molecule has 0 bridgehead atoms. The average Bonchev–Trinajstić information content (AvgIpc) is 2.89. The lowest BCUT2D eigenvalue weighted by Gasteiger charge is -2.32. The van der Waals surface area contributed by atoms with Crippen LogP contribution < -0.4 is 5.32 Å². The Labute approximate surface area is 210 Å². The van der Waals surface area contributed by atoms with Gasteiger partial charge in [0.15, 0.2) is 0 Å². The van der Waals surface area contributed by atoms with E-state index >= 15 is 0 Å². The zero-order valence-corrected chi connectivity index (χ0v) is 20.4. The van der Waals surface area contributed by atoms with Crippen LogP contribution in [0.4, 0.5) is 13.2 Å². The third-order valence-corrected chi connectivity index (χ3v) is 6.99. The molecule has 1 fully saturated rings. The first kappa shape index (κ1) is 26.0. The molecule has 3 nitrogen and oxygen atoms in total. The molecule has 0 aliphatic heterocycles. The minimum absolute atomic E-state index is 0.0689. The fourth-order valence-electron chi connectivity index (χ4n) is 5.10. The molecule has 3 aromatic carbocycles. The molecule has 0 radical (unpaired) electrons. The Morgan fingerprint density at radius 3 is 2.44 bits per heavy atom. The van der Waals surface area contributed by atoms with E-state index in [0.29, 0.717) is 0 Å². The summed E-state index contributed by atoms with van der Waals surface area (Å²) in [6.07, 6.45) is -0.546. The van der Waals surface area contributed by atoms with Crippen molar-refractivity contribution in [3.63, 3.8) is 0 Å². The summed E-state index contributed by atoms with van der Waals surface area (Å²) >= 11 is 0. The second-order valence-corrected chi connectivity index (χ2v) is 9.53. The largest absolute Gasteiger partial charge is 0.416 e. The first-order valence-electron chi connectivity index (χ1n) is 12.5. The summed E-state index contributed by atoms with van der Waals surface area (Å²) < 4.78 is 45.4. The molecule has 1 aliphatic carbocycles. The Hall–Kier alpha value is -3.12. The number of rotatable bonds is 8. The van der Waals surface area contributed by atoms with E-state index in [1.807, 2.05) is 61.5 Å². The lowest BCUT2D eigenvalue weighted by atomic mass is 9.74. The zero-order chi connectivity index (χ0) is 25.5. The maximum atomic E-state index is 13.3. The Balaban J connectivity index is 1.41. The fourth-order valence-corrected chi connectivity index (χ4v) is 5.10. The van der Waals surface area contributed by atoms with Crippen molar-refractivity contribution in [1.82, 2.24) is 5.32 Å². The van der Waals surface area contributed by atoms with Crippen molar-refractivity contribution in [3.8, 4) is 0 Å². The highest BCUT2D eigenvalue weighted by molar-refractivity contribution is 5.80. The van der Waals surface area contributed by atoms with Crippen LogP contribution in [-0.4, -0.2) is 5.91 Å². The molecule has 1 saturated carbocycles. The van der Waals surface area contributed by atoms with Crippen LogP contribution in [0.15, 0.2) is 78.9 Å². The SMILES string of the molecule is C[C@H](NC(=O)C1CCCCC1c1cccc(COCc2ccccc2C(F)(F)F)c1)c1ccccc1.